The standard InChI is InChI=1S/C14H26N2/c1-10(2)14(8-15-12-4-5-12)16-9-11-3-6-13(16)7-11/h10-15H,3-9H2,1-2H3. The van der Waals surface area contributed by atoms with Crippen molar-refractivity contribution in [2.75, 3.05) is 13.1 Å². The van der Waals surface area contributed by atoms with Crippen molar-refractivity contribution in [1.82, 2.24) is 10.2 Å². The molecule has 2 heteroatoms. The van der Waals surface area contributed by atoms with Crippen molar-refractivity contribution >= 4 is 0 Å². The van der Waals surface area contributed by atoms with Gasteiger partial charge in [-0.05, 0) is 43.9 Å². The molecule has 1 aliphatic heterocycles. The van der Waals surface area contributed by atoms with E-state index in [1.807, 2.05) is 0 Å². The number of piperidine rings is 1. The summed E-state index contributed by atoms with van der Waals surface area (Å²) in [5.74, 6) is 1.83. The third-order valence-corrected chi connectivity index (χ3v) is 4.84. The zero-order chi connectivity index (χ0) is 11.1. The Hall–Kier alpha value is -0.0800. The molecular formula is C14H26N2. The Bertz CT molecular complexity index is 247. The molecule has 0 amide bonds. The highest BCUT2D eigenvalue weighted by atomic mass is 15.2. The van der Waals surface area contributed by atoms with Gasteiger partial charge in [-0.1, -0.05) is 13.8 Å². The lowest BCUT2D eigenvalue weighted by Gasteiger charge is -2.37. The second-order valence-electron chi connectivity index (χ2n) is 6.52. The van der Waals surface area contributed by atoms with E-state index in [1.165, 1.54) is 45.2 Å². The van der Waals surface area contributed by atoms with E-state index < -0.39 is 0 Å². The normalized spacial score (nSPS) is 36.2. The van der Waals surface area contributed by atoms with Crippen LogP contribution >= 0.6 is 0 Å². The average molecular weight is 222 g/mol. The first-order valence-electron chi connectivity index (χ1n) is 7.23. The van der Waals surface area contributed by atoms with Crippen molar-refractivity contribution in [3.8, 4) is 0 Å². The maximum absolute atomic E-state index is 3.73. The topological polar surface area (TPSA) is 15.3 Å². The first-order valence-corrected chi connectivity index (χ1v) is 7.23. The molecule has 3 unspecified atom stereocenters. The largest absolute Gasteiger partial charge is 0.312 e. The van der Waals surface area contributed by atoms with Crippen molar-refractivity contribution < 1.29 is 0 Å². The Labute approximate surface area is 99.8 Å². The van der Waals surface area contributed by atoms with Gasteiger partial charge in [0.2, 0.25) is 0 Å². The van der Waals surface area contributed by atoms with Crippen molar-refractivity contribution in [2.45, 2.75) is 64.1 Å². The van der Waals surface area contributed by atoms with Gasteiger partial charge in [0.25, 0.3) is 0 Å². The second kappa shape index (κ2) is 4.30. The summed E-state index contributed by atoms with van der Waals surface area (Å²) in [5, 5.41) is 3.73. The van der Waals surface area contributed by atoms with Gasteiger partial charge in [0.15, 0.2) is 0 Å². The van der Waals surface area contributed by atoms with E-state index in [9.17, 15) is 0 Å². The van der Waals surface area contributed by atoms with Gasteiger partial charge in [-0.3, -0.25) is 4.90 Å². The zero-order valence-corrected chi connectivity index (χ0v) is 10.8. The number of nitrogens with one attached hydrogen (secondary N) is 1. The molecule has 3 atom stereocenters. The molecule has 3 aliphatic rings. The van der Waals surface area contributed by atoms with Gasteiger partial charge in [0.05, 0.1) is 0 Å². The highest BCUT2D eigenvalue weighted by Gasteiger charge is 2.41. The fourth-order valence-electron chi connectivity index (χ4n) is 3.68. The molecule has 0 spiro atoms. The third kappa shape index (κ3) is 2.14. The lowest BCUT2D eigenvalue weighted by Crippen LogP contribution is -2.49. The van der Waals surface area contributed by atoms with Gasteiger partial charge in [0, 0.05) is 31.2 Å². The summed E-state index contributed by atoms with van der Waals surface area (Å²) in [5.41, 5.74) is 0. The summed E-state index contributed by atoms with van der Waals surface area (Å²) >= 11 is 0. The fourth-order valence-corrected chi connectivity index (χ4v) is 3.68. The molecule has 3 fully saturated rings. The second-order valence-corrected chi connectivity index (χ2v) is 6.52. The maximum Gasteiger partial charge on any atom is 0.0246 e. The van der Waals surface area contributed by atoms with Crippen LogP contribution in [0.1, 0.15) is 46.0 Å². The molecular weight excluding hydrogens is 196 g/mol. The predicted molar refractivity (Wildman–Crippen MR) is 67.5 cm³/mol. The van der Waals surface area contributed by atoms with Gasteiger partial charge < -0.3 is 5.32 Å². The lowest BCUT2D eigenvalue weighted by atomic mass is 9.99. The van der Waals surface area contributed by atoms with Gasteiger partial charge in [-0.15, -0.1) is 0 Å². The number of nitrogens with zero attached hydrogens (tertiary/aromatic N) is 1. The summed E-state index contributed by atoms with van der Waals surface area (Å²) in [6.07, 6.45) is 7.29. The number of rotatable bonds is 5. The number of fused-ring (bicyclic) bond motifs is 2. The molecule has 1 heterocycles. The van der Waals surface area contributed by atoms with Crippen molar-refractivity contribution in [3.63, 3.8) is 0 Å². The summed E-state index contributed by atoms with van der Waals surface area (Å²) < 4.78 is 0. The summed E-state index contributed by atoms with van der Waals surface area (Å²) in [7, 11) is 0. The lowest BCUT2D eigenvalue weighted by molar-refractivity contribution is 0.113. The first kappa shape index (κ1) is 11.0. The first-order chi connectivity index (χ1) is 7.74. The minimum Gasteiger partial charge on any atom is -0.312 e. The van der Waals surface area contributed by atoms with Crippen LogP contribution in [0.25, 0.3) is 0 Å². The van der Waals surface area contributed by atoms with Crippen LogP contribution in [0.4, 0.5) is 0 Å². The average Bonchev–Trinajstić information content (AvgIpc) is 2.85. The van der Waals surface area contributed by atoms with Crippen molar-refractivity contribution in [3.05, 3.63) is 0 Å². The summed E-state index contributed by atoms with van der Waals surface area (Å²) in [6.45, 7) is 7.40. The molecule has 2 saturated carbocycles. The van der Waals surface area contributed by atoms with E-state index in [1.54, 1.807) is 0 Å². The minimum absolute atomic E-state index is 0.788. The van der Waals surface area contributed by atoms with Gasteiger partial charge in [-0.2, -0.15) is 0 Å². The fraction of sp³-hybridized carbons (Fsp3) is 1.00. The highest BCUT2D eigenvalue weighted by molar-refractivity contribution is 4.97. The van der Waals surface area contributed by atoms with Crippen LogP contribution in [0.2, 0.25) is 0 Å². The van der Waals surface area contributed by atoms with E-state index in [2.05, 4.69) is 24.1 Å². The molecule has 92 valence electrons. The number of hydrogen-bond acceptors (Lipinski definition) is 2. The van der Waals surface area contributed by atoms with Gasteiger partial charge in [-0.25, -0.2) is 0 Å². The minimum atomic E-state index is 0.788. The Kier molecular flexibility index (Phi) is 2.97. The zero-order valence-electron chi connectivity index (χ0n) is 10.8. The monoisotopic (exact) mass is 222 g/mol. The molecule has 2 bridgehead atoms. The Balaban J connectivity index is 1.58. The van der Waals surface area contributed by atoms with E-state index in [4.69, 9.17) is 0 Å². The van der Waals surface area contributed by atoms with E-state index in [0.717, 1.165) is 30.0 Å². The van der Waals surface area contributed by atoms with E-state index in [-0.39, 0.29) is 0 Å². The highest BCUT2D eigenvalue weighted by Crippen LogP contribution is 2.39. The van der Waals surface area contributed by atoms with Crippen LogP contribution in [0.15, 0.2) is 0 Å². The predicted octanol–water partition coefficient (Wildman–Crippen LogP) is 2.25. The van der Waals surface area contributed by atoms with E-state index >= 15 is 0 Å². The van der Waals surface area contributed by atoms with Crippen LogP contribution in [-0.4, -0.2) is 36.1 Å². The quantitative estimate of drug-likeness (QED) is 0.767. The Morgan fingerprint density at radius 2 is 2.00 bits per heavy atom. The molecule has 3 rings (SSSR count). The van der Waals surface area contributed by atoms with Crippen LogP contribution < -0.4 is 5.32 Å². The van der Waals surface area contributed by atoms with Crippen LogP contribution in [-0.2, 0) is 0 Å². The van der Waals surface area contributed by atoms with E-state index in [0.29, 0.717) is 0 Å². The van der Waals surface area contributed by atoms with Gasteiger partial charge in [0.1, 0.15) is 0 Å². The molecule has 0 aromatic heterocycles. The maximum atomic E-state index is 3.73. The van der Waals surface area contributed by atoms with Gasteiger partial charge >= 0.3 is 0 Å². The van der Waals surface area contributed by atoms with Crippen LogP contribution in [0, 0.1) is 11.8 Å². The third-order valence-electron chi connectivity index (χ3n) is 4.84. The summed E-state index contributed by atoms with van der Waals surface area (Å²) in [6, 6.07) is 2.58. The van der Waals surface area contributed by atoms with Crippen LogP contribution in [0.5, 0.6) is 0 Å². The van der Waals surface area contributed by atoms with Crippen LogP contribution in [0.3, 0.4) is 0 Å². The molecule has 0 aromatic rings. The number of likely N-dealkylation sites (tertiary alicyclic amines) is 1. The summed E-state index contributed by atoms with van der Waals surface area (Å²) in [4.78, 5) is 2.83. The smallest absolute Gasteiger partial charge is 0.0246 e. The Morgan fingerprint density at radius 1 is 1.19 bits per heavy atom. The molecule has 16 heavy (non-hydrogen) atoms. The molecule has 0 aromatic carbocycles. The molecule has 1 saturated heterocycles. The molecule has 0 radical (unpaired) electrons. The molecule has 1 N–H and O–H groups in total. The molecule has 2 aliphatic carbocycles. The van der Waals surface area contributed by atoms with Crippen molar-refractivity contribution in [2.24, 2.45) is 11.8 Å². The Morgan fingerprint density at radius 3 is 2.50 bits per heavy atom. The van der Waals surface area contributed by atoms with Crippen molar-refractivity contribution in [1.29, 1.82) is 0 Å². The molecule has 2 nitrogen and oxygen atoms in total. The SMILES string of the molecule is CC(C)C(CNC1CC1)N1CC2CCC1C2. The number of hydrogen-bond donors (Lipinski definition) is 1.